The standard InChI is InChI=1S/C14H25N3S/c1-3-12(13-16-9-10-18-13)17-11-14(4-2)5-7-15-8-6-14/h9-10,12,15,17H,3-8,11H2,1-2H3. The Morgan fingerprint density at radius 1 is 1.44 bits per heavy atom. The van der Waals surface area contributed by atoms with Gasteiger partial charge in [-0.25, -0.2) is 4.98 Å². The van der Waals surface area contributed by atoms with Crippen LogP contribution in [0, 0.1) is 5.41 Å². The zero-order chi connectivity index (χ0) is 12.8. The molecule has 0 spiro atoms. The van der Waals surface area contributed by atoms with Crippen LogP contribution in [0.5, 0.6) is 0 Å². The number of rotatable bonds is 6. The molecule has 1 aliphatic rings. The molecule has 2 N–H and O–H groups in total. The summed E-state index contributed by atoms with van der Waals surface area (Å²) < 4.78 is 0. The minimum absolute atomic E-state index is 0.434. The van der Waals surface area contributed by atoms with Gasteiger partial charge < -0.3 is 10.6 Å². The predicted molar refractivity (Wildman–Crippen MR) is 78.0 cm³/mol. The predicted octanol–water partition coefficient (Wildman–Crippen LogP) is 2.96. The molecular formula is C14H25N3S. The summed E-state index contributed by atoms with van der Waals surface area (Å²) in [6.07, 6.45) is 6.89. The number of hydrogen-bond donors (Lipinski definition) is 2. The molecule has 0 aromatic carbocycles. The van der Waals surface area contributed by atoms with Gasteiger partial charge in [-0.05, 0) is 44.2 Å². The summed E-state index contributed by atoms with van der Waals surface area (Å²) in [5, 5.41) is 10.5. The van der Waals surface area contributed by atoms with Gasteiger partial charge in [0, 0.05) is 18.1 Å². The van der Waals surface area contributed by atoms with Gasteiger partial charge in [-0.2, -0.15) is 0 Å². The zero-order valence-corrected chi connectivity index (χ0v) is 12.4. The first-order valence-electron chi connectivity index (χ1n) is 7.13. The highest BCUT2D eigenvalue weighted by atomic mass is 32.1. The number of nitrogens with zero attached hydrogens (tertiary/aromatic N) is 1. The van der Waals surface area contributed by atoms with E-state index in [1.54, 1.807) is 11.3 Å². The molecule has 2 heterocycles. The lowest BCUT2D eigenvalue weighted by Gasteiger charge is -2.38. The van der Waals surface area contributed by atoms with Crippen LogP contribution in [0.3, 0.4) is 0 Å². The third kappa shape index (κ3) is 3.31. The van der Waals surface area contributed by atoms with E-state index in [0.29, 0.717) is 11.5 Å². The van der Waals surface area contributed by atoms with Crippen LogP contribution in [0.15, 0.2) is 11.6 Å². The molecule has 1 aromatic rings. The Hall–Kier alpha value is -0.450. The van der Waals surface area contributed by atoms with Gasteiger partial charge in [0.2, 0.25) is 0 Å². The largest absolute Gasteiger partial charge is 0.317 e. The highest BCUT2D eigenvalue weighted by Crippen LogP contribution is 2.32. The van der Waals surface area contributed by atoms with E-state index >= 15 is 0 Å². The van der Waals surface area contributed by atoms with E-state index in [2.05, 4.69) is 34.8 Å². The Morgan fingerprint density at radius 2 is 2.22 bits per heavy atom. The van der Waals surface area contributed by atoms with Gasteiger partial charge >= 0.3 is 0 Å². The van der Waals surface area contributed by atoms with E-state index < -0.39 is 0 Å². The smallest absolute Gasteiger partial charge is 0.109 e. The molecular weight excluding hydrogens is 242 g/mol. The van der Waals surface area contributed by atoms with Crippen LogP contribution < -0.4 is 10.6 Å². The van der Waals surface area contributed by atoms with E-state index in [4.69, 9.17) is 0 Å². The number of aromatic nitrogens is 1. The molecule has 0 amide bonds. The molecule has 1 aliphatic heterocycles. The van der Waals surface area contributed by atoms with E-state index in [1.807, 2.05) is 6.20 Å². The van der Waals surface area contributed by atoms with Crippen LogP contribution in [0.2, 0.25) is 0 Å². The quantitative estimate of drug-likeness (QED) is 0.832. The second kappa shape index (κ2) is 6.64. The summed E-state index contributed by atoms with van der Waals surface area (Å²) in [6.45, 7) is 8.04. The second-order valence-electron chi connectivity index (χ2n) is 5.32. The van der Waals surface area contributed by atoms with Crippen molar-refractivity contribution in [3.63, 3.8) is 0 Å². The van der Waals surface area contributed by atoms with Gasteiger partial charge in [0.25, 0.3) is 0 Å². The van der Waals surface area contributed by atoms with E-state index in [0.717, 1.165) is 13.0 Å². The van der Waals surface area contributed by atoms with Crippen LogP contribution in [0.1, 0.15) is 50.6 Å². The Morgan fingerprint density at radius 3 is 2.78 bits per heavy atom. The molecule has 1 aromatic heterocycles. The molecule has 0 aliphatic carbocycles. The Bertz CT molecular complexity index is 331. The fourth-order valence-corrected chi connectivity index (χ4v) is 3.56. The van der Waals surface area contributed by atoms with Gasteiger partial charge in [-0.3, -0.25) is 0 Å². The number of hydrogen-bond acceptors (Lipinski definition) is 4. The molecule has 1 unspecified atom stereocenters. The monoisotopic (exact) mass is 267 g/mol. The second-order valence-corrected chi connectivity index (χ2v) is 6.24. The molecule has 0 bridgehead atoms. The van der Waals surface area contributed by atoms with Crippen molar-refractivity contribution >= 4 is 11.3 Å². The molecule has 1 saturated heterocycles. The van der Waals surface area contributed by atoms with E-state index in [-0.39, 0.29) is 0 Å². The molecule has 3 nitrogen and oxygen atoms in total. The summed E-state index contributed by atoms with van der Waals surface area (Å²) in [6, 6.07) is 0.434. The van der Waals surface area contributed by atoms with Crippen LogP contribution in [0.25, 0.3) is 0 Å². The third-order valence-corrected chi connectivity index (χ3v) is 5.18. The van der Waals surface area contributed by atoms with Crippen LogP contribution >= 0.6 is 11.3 Å². The Labute approximate surface area is 114 Å². The summed E-state index contributed by atoms with van der Waals surface area (Å²) >= 11 is 1.76. The van der Waals surface area contributed by atoms with Crippen LogP contribution in [-0.2, 0) is 0 Å². The van der Waals surface area contributed by atoms with Gasteiger partial charge in [0.05, 0.1) is 6.04 Å². The number of thiazole rings is 1. The molecule has 4 heteroatoms. The highest BCUT2D eigenvalue weighted by Gasteiger charge is 2.30. The average molecular weight is 267 g/mol. The van der Waals surface area contributed by atoms with Crippen molar-refractivity contribution in [3.8, 4) is 0 Å². The topological polar surface area (TPSA) is 37.0 Å². The van der Waals surface area contributed by atoms with Gasteiger partial charge in [-0.1, -0.05) is 13.8 Å². The minimum atomic E-state index is 0.434. The van der Waals surface area contributed by atoms with Crippen molar-refractivity contribution in [2.75, 3.05) is 19.6 Å². The number of nitrogens with one attached hydrogen (secondary N) is 2. The van der Waals surface area contributed by atoms with Crippen molar-refractivity contribution in [1.82, 2.24) is 15.6 Å². The highest BCUT2D eigenvalue weighted by molar-refractivity contribution is 7.09. The van der Waals surface area contributed by atoms with Crippen molar-refractivity contribution in [3.05, 3.63) is 16.6 Å². The maximum Gasteiger partial charge on any atom is 0.109 e. The van der Waals surface area contributed by atoms with Crippen LogP contribution in [0.4, 0.5) is 0 Å². The van der Waals surface area contributed by atoms with Crippen molar-refractivity contribution in [2.24, 2.45) is 5.41 Å². The molecule has 0 saturated carbocycles. The lowest BCUT2D eigenvalue weighted by Crippen LogP contribution is -2.43. The van der Waals surface area contributed by atoms with E-state index in [1.165, 1.54) is 37.4 Å². The maximum atomic E-state index is 4.44. The summed E-state index contributed by atoms with van der Waals surface area (Å²) in [5.74, 6) is 0. The lowest BCUT2D eigenvalue weighted by molar-refractivity contribution is 0.178. The first-order valence-corrected chi connectivity index (χ1v) is 8.01. The molecule has 2 rings (SSSR count). The summed E-state index contributed by atoms with van der Waals surface area (Å²) in [5.41, 5.74) is 0.496. The first kappa shape index (κ1) is 14.0. The van der Waals surface area contributed by atoms with Gasteiger partial charge in [-0.15, -0.1) is 11.3 Å². The SMILES string of the molecule is CCC(NCC1(CC)CCNCC1)c1nccs1. The molecule has 18 heavy (non-hydrogen) atoms. The summed E-state index contributed by atoms with van der Waals surface area (Å²) in [4.78, 5) is 4.44. The summed E-state index contributed by atoms with van der Waals surface area (Å²) in [7, 11) is 0. The van der Waals surface area contributed by atoms with E-state index in [9.17, 15) is 0 Å². The Kier molecular flexibility index (Phi) is 5.15. The average Bonchev–Trinajstić information content (AvgIpc) is 2.95. The normalized spacial score (nSPS) is 20.8. The zero-order valence-electron chi connectivity index (χ0n) is 11.5. The van der Waals surface area contributed by atoms with Crippen molar-refractivity contribution < 1.29 is 0 Å². The molecule has 102 valence electrons. The maximum absolute atomic E-state index is 4.44. The first-order chi connectivity index (χ1) is 8.79. The molecule has 1 fully saturated rings. The lowest BCUT2D eigenvalue weighted by atomic mass is 9.76. The van der Waals surface area contributed by atoms with Gasteiger partial charge in [0.15, 0.2) is 0 Å². The fraction of sp³-hybridized carbons (Fsp3) is 0.786. The van der Waals surface area contributed by atoms with Gasteiger partial charge in [0.1, 0.15) is 5.01 Å². The van der Waals surface area contributed by atoms with Crippen LogP contribution in [-0.4, -0.2) is 24.6 Å². The fourth-order valence-electron chi connectivity index (χ4n) is 2.76. The third-order valence-electron chi connectivity index (χ3n) is 4.30. The number of piperidine rings is 1. The molecule has 1 atom stereocenters. The Balaban J connectivity index is 1.92. The van der Waals surface area contributed by atoms with Crippen molar-refractivity contribution in [2.45, 2.75) is 45.6 Å². The van der Waals surface area contributed by atoms with Crippen molar-refractivity contribution in [1.29, 1.82) is 0 Å². The minimum Gasteiger partial charge on any atom is -0.317 e. The molecule has 0 radical (unpaired) electrons.